The Balaban J connectivity index is 2.22. The Morgan fingerprint density at radius 3 is 2.81 bits per heavy atom. The van der Waals surface area contributed by atoms with Crippen LogP contribution < -0.4 is 16.0 Å². The van der Waals surface area contributed by atoms with Crippen molar-refractivity contribution in [1.29, 1.82) is 0 Å². The topological polar surface area (TPSA) is 131 Å². The second-order valence-corrected chi connectivity index (χ2v) is 6.89. The molecule has 1 aromatic rings. The third-order valence-corrected chi connectivity index (χ3v) is 5.26. The van der Waals surface area contributed by atoms with Gasteiger partial charge in [-0.25, -0.2) is 4.98 Å². The van der Waals surface area contributed by atoms with Crippen molar-refractivity contribution >= 4 is 63.3 Å². The number of halogens is 1. The number of anilines is 1. The number of aromatic nitrogens is 1. The maximum Gasteiger partial charge on any atom is 0.278 e. The summed E-state index contributed by atoms with van der Waals surface area (Å²) in [7, 11) is 2.58. The molecule has 0 aliphatic carbocycles. The molecule has 2 atom stereocenters. The van der Waals surface area contributed by atoms with E-state index in [2.05, 4.69) is 26.1 Å². The SMILES string of the molecule is CON=C(C(=O)N[C@]1(OC)C(=O)N[C@@H]1SC)c1csc(NC(=O)CCl)n1. The standard InChI is InChI=1S/C13H16ClN5O5S2/c1-23-13(10(22)17-11(13)25-3)18-9(21)8(19-24-2)6-5-26-12(15-6)16-7(20)4-14/h5,11H,4H2,1-3H3,(H,17,22)(H,18,21)(H,15,16,20)/t11-,13+/m1/s1. The van der Waals surface area contributed by atoms with Gasteiger partial charge in [-0.05, 0) is 6.26 Å². The van der Waals surface area contributed by atoms with Gasteiger partial charge in [0.2, 0.25) is 5.91 Å². The van der Waals surface area contributed by atoms with E-state index in [9.17, 15) is 14.4 Å². The van der Waals surface area contributed by atoms with Crippen molar-refractivity contribution in [1.82, 2.24) is 15.6 Å². The fraction of sp³-hybridized carbons (Fsp3) is 0.462. The molecule has 3 amide bonds. The summed E-state index contributed by atoms with van der Waals surface area (Å²) in [6.45, 7) is 0. The number of alkyl halides is 1. The van der Waals surface area contributed by atoms with Gasteiger partial charge < -0.3 is 25.5 Å². The third kappa shape index (κ3) is 3.92. The summed E-state index contributed by atoms with van der Waals surface area (Å²) in [6, 6.07) is 0. The van der Waals surface area contributed by atoms with Gasteiger partial charge in [-0.2, -0.15) is 0 Å². The van der Waals surface area contributed by atoms with Crippen LogP contribution in [0.2, 0.25) is 0 Å². The fourth-order valence-corrected chi connectivity index (χ4v) is 3.68. The summed E-state index contributed by atoms with van der Waals surface area (Å²) in [5.41, 5.74) is -1.53. The van der Waals surface area contributed by atoms with Crippen LogP contribution in [0.25, 0.3) is 0 Å². The number of nitrogens with one attached hydrogen (secondary N) is 3. The van der Waals surface area contributed by atoms with E-state index in [0.717, 1.165) is 11.3 Å². The predicted octanol–water partition coefficient (Wildman–Crippen LogP) is -0.0513. The highest BCUT2D eigenvalue weighted by Gasteiger charge is 2.57. The van der Waals surface area contributed by atoms with Crippen molar-refractivity contribution < 1.29 is 24.0 Å². The molecule has 142 valence electrons. The minimum absolute atomic E-state index is 0.158. The van der Waals surface area contributed by atoms with E-state index < -0.39 is 28.8 Å². The van der Waals surface area contributed by atoms with Gasteiger partial charge >= 0.3 is 0 Å². The van der Waals surface area contributed by atoms with Gasteiger partial charge in [0.05, 0.1) is 0 Å². The predicted molar refractivity (Wildman–Crippen MR) is 98.3 cm³/mol. The lowest BCUT2D eigenvalue weighted by molar-refractivity contribution is -0.168. The Kier molecular flexibility index (Phi) is 6.81. The lowest BCUT2D eigenvalue weighted by Crippen LogP contribution is -2.79. The molecular formula is C13H16ClN5O5S2. The van der Waals surface area contributed by atoms with Gasteiger partial charge in [0.15, 0.2) is 10.8 Å². The minimum Gasteiger partial charge on any atom is -0.398 e. The maximum atomic E-state index is 12.7. The van der Waals surface area contributed by atoms with Crippen molar-refractivity contribution in [2.75, 3.05) is 31.7 Å². The zero-order chi connectivity index (χ0) is 19.3. The van der Waals surface area contributed by atoms with Crippen LogP contribution in [-0.2, 0) is 24.0 Å². The molecule has 2 rings (SSSR count). The molecule has 1 aliphatic rings. The number of β-lactam (4-membered cyclic amide) rings is 1. The summed E-state index contributed by atoms with van der Waals surface area (Å²) in [5.74, 6) is -1.86. The lowest BCUT2D eigenvalue weighted by Gasteiger charge is -2.46. The summed E-state index contributed by atoms with van der Waals surface area (Å²) < 4.78 is 5.25. The van der Waals surface area contributed by atoms with E-state index in [1.54, 1.807) is 6.26 Å². The van der Waals surface area contributed by atoms with Crippen molar-refractivity contribution in [3.63, 3.8) is 0 Å². The molecule has 1 saturated heterocycles. The summed E-state index contributed by atoms with van der Waals surface area (Å²) in [5, 5.41) is 12.6. The second kappa shape index (κ2) is 8.66. The number of ether oxygens (including phenoxy) is 1. The van der Waals surface area contributed by atoms with Gasteiger partial charge in [0, 0.05) is 12.5 Å². The van der Waals surface area contributed by atoms with Gasteiger partial charge in [-0.1, -0.05) is 5.16 Å². The lowest BCUT2D eigenvalue weighted by atomic mass is 10.1. The molecule has 10 nitrogen and oxygen atoms in total. The Bertz CT molecular complexity index is 742. The number of amides is 3. The van der Waals surface area contributed by atoms with Crippen molar-refractivity contribution in [3.05, 3.63) is 11.1 Å². The Morgan fingerprint density at radius 2 is 2.27 bits per heavy atom. The van der Waals surface area contributed by atoms with Crippen LogP contribution in [0.3, 0.4) is 0 Å². The summed E-state index contributed by atoms with van der Waals surface area (Å²) in [4.78, 5) is 44.8. The average Bonchev–Trinajstić information content (AvgIpc) is 3.09. The highest BCUT2D eigenvalue weighted by Crippen LogP contribution is 2.29. The van der Waals surface area contributed by atoms with E-state index in [1.807, 2.05) is 0 Å². The molecule has 2 heterocycles. The Hall–Kier alpha value is -1.89. The van der Waals surface area contributed by atoms with E-state index in [1.165, 1.54) is 31.4 Å². The number of nitrogens with zero attached hydrogens (tertiary/aromatic N) is 2. The van der Waals surface area contributed by atoms with Crippen molar-refractivity contribution in [2.45, 2.75) is 11.1 Å². The number of hydrogen-bond donors (Lipinski definition) is 3. The molecule has 0 aromatic carbocycles. The number of methoxy groups -OCH3 is 1. The zero-order valence-electron chi connectivity index (χ0n) is 14.0. The molecule has 3 N–H and O–H groups in total. The van der Waals surface area contributed by atoms with E-state index >= 15 is 0 Å². The molecule has 0 saturated carbocycles. The highest BCUT2D eigenvalue weighted by molar-refractivity contribution is 7.99. The normalized spacial score (nSPS) is 22.2. The van der Waals surface area contributed by atoms with Crippen LogP contribution in [0.4, 0.5) is 5.13 Å². The zero-order valence-corrected chi connectivity index (χ0v) is 16.4. The van der Waals surface area contributed by atoms with Crippen LogP contribution in [0.15, 0.2) is 10.5 Å². The first-order valence-corrected chi connectivity index (χ1v) is 9.76. The smallest absolute Gasteiger partial charge is 0.278 e. The quantitative estimate of drug-likeness (QED) is 0.176. The number of rotatable bonds is 8. The molecule has 1 aliphatic heterocycles. The second-order valence-electron chi connectivity index (χ2n) is 4.83. The molecule has 1 aromatic heterocycles. The monoisotopic (exact) mass is 421 g/mol. The summed E-state index contributed by atoms with van der Waals surface area (Å²) >= 11 is 7.81. The van der Waals surface area contributed by atoms with Crippen LogP contribution in [0.5, 0.6) is 0 Å². The minimum atomic E-state index is -1.52. The molecule has 26 heavy (non-hydrogen) atoms. The van der Waals surface area contributed by atoms with Gasteiger partial charge in [0.1, 0.15) is 24.1 Å². The number of carbonyl (C=O) groups excluding carboxylic acids is 3. The van der Waals surface area contributed by atoms with E-state index in [4.69, 9.17) is 21.2 Å². The van der Waals surface area contributed by atoms with Gasteiger partial charge in [-0.3, -0.25) is 14.4 Å². The van der Waals surface area contributed by atoms with Gasteiger partial charge in [0.25, 0.3) is 17.5 Å². The molecule has 13 heteroatoms. The first kappa shape index (κ1) is 20.4. The largest absolute Gasteiger partial charge is 0.398 e. The first-order chi connectivity index (χ1) is 12.4. The number of hydrogen-bond acceptors (Lipinski definition) is 9. The molecule has 0 spiro atoms. The van der Waals surface area contributed by atoms with E-state index in [-0.39, 0.29) is 22.4 Å². The number of carbonyl (C=O) groups is 3. The summed E-state index contributed by atoms with van der Waals surface area (Å²) in [6.07, 6.45) is 1.76. The molecule has 1 fully saturated rings. The molecular weight excluding hydrogens is 406 g/mol. The van der Waals surface area contributed by atoms with Crippen LogP contribution in [-0.4, -0.2) is 65.9 Å². The van der Waals surface area contributed by atoms with Crippen LogP contribution in [0.1, 0.15) is 5.69 Å². The first-order valence-electron chi connectivity index (χ1n) is 7.06. The molecule has 0 radical (unpaired) electrons. The van der Waals surface area contributed by atoms with Gasteiger partial charge in [-0.15, -0.1) is 34.7 Å². The van der Waals surface area contributed by atoms with Crippen molar-refractivity contribution in [2.24, 2.45) is 5.16 Å². The van der Waals surface area contributed by atoms with Crippen LogP contribution in [0, 0.1) is 0 Å². The fourth-order valence-electron chi connectivity index (χ4n) is 2.08. The average molecular weight is 422 g/mol. The van der Waals surface area contributed by atoms with Crippen LogP contribution >= 0.6 is 34.7 Å². The highest BCUT2D eigenvalue weighted by atomic mass is 35.5. The molecule has 0 bridgehead atoms. The van der Waals surface area contributed by atoms with E-state index in [0.29, 0.717) is 0 Å². The number of thiazole rings is 1. The Labute approximate surface area is 162 Å². The van der Waals surface area contributed by atoms with Crippen molar-refractivity contribution in [3.8, 4) is 0 Å². The third-order valence-electron chi connectivity index (χ3n) is 3.34. The Morgan fingerprint density at radius 1 is 1.54 bits per heavy atom. The number of oxime groups is 1. The number of thioether (sulfide) groups is 1. The maximum absolute atomic E-state index is 12.7. The molecule has 0 unspecified atom stereocenters.